The molecule has 0 aliphatic heterocycles. The molecule has 0 atom stereocenters. The Hall–Kier alpha value is -0.890. The van der Waals surface area contributed by atoms with E-state index in [0.717, 1.165) is 16.3 Å². The molecule has 0 saturated heterocycles. The number of hydrogen-bond acceptors (Lipinski definition) is 2. The highest BCUT2D eigenvalue weighted by molar-refractivity contribution is 7.10. The third-order valence-corrected chi connectivity index (χ3v) is 2.41. The van der Waals surface area contributed by atoms with Crippen LogP contribution in [0.25, 0.3) is 5.57 Å². The van der Waals surface area contributed by atoms with Gasteiger partial charge in [0.05, 0.1) is 0 Å². The Balaban J connectivity index is 3.00. The second-order valence-corrected chi connectivity index (χ2v) is 3.10. The summed E-state index contributed by atoms with van der Waals surface area (Å²) < 4.78 is 0. The van der Waals surface area contributed by atoms with Crippen molar-refractivity contribution in [1.29, 1.82) is 0 Å². The predicted molar refractivity (Wildman–Crippen MR) is 50.7 cm³/mol. The molecule has 0 unspecified atom stereocenters. The molecule has 11 heavy (non-hydrogen) atoms. The zero-order chi connectivity index (χ0) is 8.27. The molecular formula is C9H11NS. The number of rotatable bonds is 2. The minimum atomic E-state index is 1.06. The van der Waals surface area contributed by atoms with Gasteiger partial charge in [0.1, 0.15) is 5.01 Å². The maximum atomic E-state index is 4.33. The summed E-state index contributed by atoms with van der Waals surface area (Å²) in [5, 5.41) is 3.10. The summed E-state index contributed by atoms with van der Waals surface area (Å²) >= 11 is 1.66. The number of aromatic nitrogens is 1. The minimum Gasteiger partial charge on any atom is -0.241 e. The zero-order valence-electron chi connectivity index (χ0n) is 6.79. The van der Waals surface area contributed by atoms with Crippen molar-refractivity contribution in [3.63, 3.8) is 0 Å². The maximum Gasteiger partial charge on any atom is 0.123 e. The Kier molecular flexibility index (Phi) is 2.60. The van der Waals surface area contributed by atoms with Gasteiger partial charge in [-0.1, -0.05) is 18.7 Å². The van der Waals surface area contributed by atoms with E-state index >= 15 is 0 Å². The average molecular weight is 165 g/mol. The number of thiazole rings is 1. The fraction of sp³-hybridized carbons (Fsp3) is 0.222. The number of aryl methyl sites for hydroxylation is 1. The van der Waals surface area contributed by atoms with Crippen LogP contribution < -0.4 is 0 Å². The quantitative estimate of drug-likeness (QED) is 0.614. The minimum absolute atomic E-state index is 1.06. The van der Waals surface area contributed by atoms with Crippen molar-refractivity contribution < 1.29 is 0 Å². The van der Waals surface area contributed by atoms with Crippen LogP contribution in [0.15, 0.2) is 24.1 Å². The summed E-state index contributed by atoms with van der Waals surface area (Å²) in [6.45, 7) is 7.71. The number of nitrogens with zero attached hydrogens (tertiary/aromatic N) is 1. The molecule has 0 amide bonds. The molecule has 2 heteroatoms. The first-order valence-electron chi connectivity index (χ1n) is 3.49. The molecule has 1 aromatic heterocycles. The van der Waals surface area contributed by atoms with Gasteiger partial charge in [0, 0.05) is 16.6 Å². The summed E-state index contributed by atoms with van der Waals surface area (Å²) in [7, 11) is 0. The lowest BCUT2D eigenvalue weighted by molar-refractivity contribution is 1.24. The smallest absolute Gasteiger partial charge is 0.123 e. The van der Waals surface area contributed by atoms with Crippen LogP contribution in [-0.4, -0.2) is 4.98 Å². The van der Waals surface area contributed by atoms with Gasteiger partial charge in [0.25, 0.3) is 0 Å². The van der Waals surface area contributed by atoms with E-state index in [2.05, 4.69) is 11.6 Å². The van der Waals surface area contributed by atoms with Gasteiger partial charge in [-0.2, -0.15) is 0 Å². The van der Waals surface area contributed by atoms with Crippen LogP contribution in [0.2, 0.25) is 0 Å². The van der Waals surface area contributed by atoms with Crippen molar-refractivity contribution in [3.8, 4) is 0 Å². The van der Waals surface area contributed by atoms with E-state index in [9.17, 15) is 0 Å². The van der Waals surface area contributed by atoms with Crippen LogP contribution >= 0.6 is 11.3 Å². The summed E-state index contributed by atoms with van der Waals surface area (Å²) in [5.74, 6) is 0. The van der Waals surface area contributed by atoms with E-state index in [1.165, 1.54) is 0 Å². The summed E-state index contributed by atoms with van der Waals surface area (Å²) in [4.78, 5) is 4.33. The van der Waals surface area contributed by atoms with Crippen LogP contribution in [0.5, 0.6) is 0 Å². The summed E-state index contributed by atoms with van der Waals surface area (Å²) in [5.41, 5.74) is 2.19. The van der Waals surface area contributed by atoms with Crippen LogP contribution in [0.3, 0.4) is 0 Å². The van der Waals surface area contributed by atoms with Crippen molar-refractivity contribution in [2.24, 2.45) is 0 Å². The Bertz CT molecular complexity index is 284. The Labute approximate surface area is 71.1 Å². The highest BCUT2D eigenvalue weighted by Crippen LogP contribution is 2.19. The molecule has 0 saturated carbocycles. The van der Waals surface area contributed by atoms with Gasteiger partial charge >= 0.3 is 0 Å². The van der Waals surface area contributed by atoms with Crippen molar-refractivity contribution in [3.05, 3.63) is 34.8 Å². The molecule has 1 rings (SSSR count). The lowest BCUT2D eigenvalue weighted by Gasteiger charge is -1.91. The van der Waals surface area contributed by atoms with Crippen molar-refractivity contribution in [2.45, 2.75) is 13.8 Å². The molecule has 0 fully saturated rings. The third-order valence-electron chi connectivity index (χ3n) is 1.40. The largest absolute Gasteiger partial charge is 0.241 e. The Morgan fingerprint density at radius 1 is 1.73 bits per heavy atom. The van der Waals surface area contributed by atoms with Gasteiger partial charge in [-0.05, 0) is 13.8 Å². The standard InChI is InChI=1S/C9H11NS/c1-4-8(5-2)9-10-7(3)6-11-9/h4-6H,1H2,2-3H3/b8-5+. The molecule has 0 radical (unpaired) electrons. The maximum absolute atomic E-state index is 4.33. The highest BCUT2D eigenvalue weighted by atomic mass is 32.1. The highest BCUT2D eigenvalue weighted by Gasteiger charge is 1.99. The Morgan fingerprint density at radius 3 is 2.82 bits per heavy atom. The molecule has 1 heterocycles. The first kappa shape index (κ1) is 8.21. The molecule has 0 aliphatic carbocycles. The molecule has 0 bridgehead atoms. The monoisotopic (exact) mass is 165 g/mol. The zero-order valence-corrected chi connectivity index (χ0v) is 7.61. The van der Waals surface area contributed by atoms with Crippen LogP contribution in [0.1, 0.15) is 17.6 Å². The lowest BCUT2D eigenvalue weighted by atomic mass is 10.3. The fourth-order valence-corrected chi connectivity index (χ4v) is 1.68. The molecule has 0 aliphatic rings. The van der Waals surface area contributed by atoms with Crippen molar-refractivity contribution in [2.75, 3.05) is 0 Å². The van der Waals surface area contributed by atoms with Crippen LogP contribution in [0, 0.1) is 6.92 Å². The lowest BCUT2D eigenvalue weighted by Crippen LogP contribution is -1.77. The first-order valence-corrected chi connectivity index (χ1v) is 4.37. The van der Waals surface area contributed by atoms with Gasteiger partial charge in [-0.3, -0.25) is 0 Å². The normalized spacial score (nSPS) is 11.6. The SMILES string of the molecule is C=C/C(=C\C)c1nc(C)cs1. The topological polar surface area (TPSA) is 12.9 Å². The van der Waals surface area contributed by atoms with E-state index in [0.29, 0.717) is 0 Å². The van der Waals surface area contributed by atoms with E-state index in [-0.39, 0.29) is 0 Å². The van der Waals surface area contributed by atoms with Gasteiger partial charge in [-0.15, -0.1) is 11.3 Å². The molecular weight excluding hydrogens is 154 g/mol. The van der Waals surface area contributed by atoms with Crippen LogP contribution in [0.4, 0.5) is 0 Å². The fourth-order valence-electron chi connectivity index (χ4n) is 0.815. The van der Waals surface area contributed by atoms with Crippen molar-refractivity contribution >= 4 is 16.9 Å². The van der Waals surface area contributed by atoms with Crippen LogP contribution in [-0.2, 0) is 0 Å². The van der Waals surface area contributed by atoms with E-state index in [1.807, 2.05) is 31.4 Å². The molecule has 58 valence electrons. The molecule has 0 aromatic carbocycles. The summed E-state index contributed by atoms with van der Waals surface area (Å²) in [6, 6.07) is 0. The number of hydrogen-bond donors (Lipinski definition) is 0. The van der Waals surface area contributed by atoms with Gasteiger partial charge in [-0.25, -0.2) is 4.98 Å². The van der Waals surface area contributed by atoms with Gasteiger partial charge in [0.2, 0.25) is 0 Å². The van der Waals surface area contributed by atoms with E-state index in [1.54, 1.807) is 11.3 Å². The van der Waals surface area contributed by atoms with E-state index in [4.69, 9.17) is 0 Å². The molecule has 0 N–H and O–H groups in total. The van der Waals surface area contributed by atoms with Gasteiger partial charge in [0.15, 0.2) is 0 Å². The first-order chi connectivity index (χ1) is 5.27. The Morgan fingerprint density at radius 2 is 2.45 bits per heavy atom. The predicted octanol–water partition coefficient (Wildman–Crippen LogP) is 3.04. The van der Waals surface area contributed by atoms with E-state index < -0.39 is 0 Å². The molecule has 1 aromatic rings. The van der Waals surface area contributed by atoms with Gasteiger partial charge < -0.3 is 0 Å². The van der Waals surface area contributed by atoms with Crippen molar-refractivity contribution in [1.82, 2.24) is 4.98 Å². The third kappa shape index (κ3) is 1.77. The average Bonchev–Trinajstić information content (AvgIpc) is 2.39. The second kappa shape index (κ2) is 3.49. The molecule has 0 spiro atoms. The second-order valence-electron chi connectivity index (χ2n) is 2.24. The summed E-state index contributed by atoms with van der Waals surface area (Å²) in [6.07, 6.45) is 3.85. The number of allylic oxidation sites excluding steroid dienone is 3. The molecule has 1 nitrogen and oxygen atoms in total.